The third-order valence-corrected chi connectivity index (χ3v) is 8.13. The van der Waals surface area contributed by atoms with E-state index in [1.807, 2.05) is 17.6 Å². The number of aliphatic carboxylic acids is 1. The Morgan fingerprint density at radius 1 is 1.09 bits per heavy atom. The SMILES string of the molecule is Cc1sc2c(c1C)C(c1ccc(-c3cccs3)cc1)=NC([C@H](C)C(=O)O)c1nnc(C)n1-2. The van der Waals surface area contributed by atoms with E-state index >= 15 is 0 Å². The van der Waals surface area contributed by atoms with E-state index in [2.05, 4.69) is 59.8 Å². The number of benzene rings is 1. The van der Waals surface area contributed by atoms with Gasteiger partial charge >= 0.3 is 5.97 Å². The number of hydrogen-bond donors (Lipinski definition) is 1. The molecule has 0 amide bonds. The van der Waals surface area contributed by atoms with Gasteiger partial charge in [-0.1, -0.05) is 30.3 Å². The van der Waals surface area contributed by atoms with Crippen LogP contribution < -0.4 is 0 Å². The van der Waals surface area contributed by atoms with Crippen LogP contribution in [0.5, 0.6) is 0 Å². The molecule has 0 saturated heterocycles. The molecule has 0 radical (unpaired) electrons. The number of thiophene rings is 2. The Bertz CT molecular complexity index is 1350. The summed E-state index contributed by atoms with van der Waals surface area (Å²) in [6.07, 6.45) is 0. The first-order valence-electron chi connectivity index (χ1n) is 10.3. The van der Waals surface area contributed by atoms with Gasteiger partial charge in [-0.3, -0.25) is 14.4 Å². The number of carbonyl (C=O) groups is 1. The van der Waals surface area contributed by atoms with Crippen molar-refractivity contribution in [2.45, 2.75) is 33.7 Å². The highest BCUT2D eigenvalue weighted by atomic mass is 32.1. The van der Waals surface area contributed by atoms with Crippen LogP contribution in [0.3, 0.4) is 0 Å². The molecule has 32 heavy (non-hydrogen) atoms. The minimum Gasteiger partial charge on any atom is -0.481 e. The van der Waals surface area contributed by atoms with Crippen LogP contribution in [0, 0.1) is 26.7 Å². The van der Waals surface area contributed by atoms with Crippen LogP contribution in [0.15, 0.2) is 46.8 Å². The first kappa shape index (κ1) is 20.8. The molecule has 1 N–H and O–H groups in total. The van der Waals surface area contributed by atoms with Crippen LogP contribution in [0.4, 0.5) is 0 Å². The summed E-state index contributed by atoms with van der Waals surface area (Å²) >= 11 is 3.37. The fourth-order valence-corrected chi connectivity index (χ4v) is 6.00. The summed E-state index contributed by atoms with van der Waals surface area (Å²) in [5.41, 5.74) is 5.10. The van der Waals surface area contributed by atoms with E-state index in [0.29, 0.717) is 5.82 Å². The smallest absolute Gasteiger partial charge is 0.308 e. The Hall–Kier alpha value is -3.10. The quantitative estimate of drug-likeness (QED) is 0.428. The van der Waals surface area contributed by atoms with Gasteiger partial charge in [-0.15, -0.1) is 32.9 Å². The van der Waals surface area contributed by atoms with Gasteiger partial charge in [-0.05, 0) is 50.3 Å². The van der Waals surface area contributed by atoms with E-state index in [0.717, 1.165) is 38.8 Å². The lowest BCUT2D eigenvalue weighted by Gasteiger charge is -2.16. The van der Waals surface area contributed by atoms with Gasteiger partial charge in [0.05, 0.1) is 11.6 Å². The van der Waals surface area contributed by atoms with Gasteiger partial charge in [0.2, 0.25) is 0 Å². The molecule has 0 aliphatic carbocycles. The molecule has 6 nitrogen and oxygen atoms in total. The summed E-state index contributed by atoms with van der Waals surface area (Å²) in [4.78, 5) is 19.4. The van der Waals surface area contributed by atoms with E-state index in [1.165, 1.54) is 9.75 Å². The van der Waals surface area contributed by atoms with Crippen LogP contribution in [-0.2, 0) is 4.79 Å². The third kappa shape index (κ3) is 3.22. The molecule has 1 unspecified atom stereocenters. The Labute approximate surface area is 193 Å². The summed E-state index contributed by atoms with van der Waals surface area (Å²) in [5.74, 6) is -0.343. The number of fused-ring (bicyclic) bond motifs is 3. The normalized spacial score (nSPS) is 16.1. The lowest BCUT2D eigenvalue weighted by molar-refractivity contribution is -0.141. The number of nitrogens with zero attached hydrogens (tertiary/aromatic N) is 4. The highest BCUT2D eigenvalue weighted by Crippen LogP contribution is 2.40. The van der Waals surface area contributed by atoms with Gasteiger partial charge < -0.3 is 5.11 Å². The molecule has 162 valence electrons. The van der Waals surface area contributed by atoms with Crippen molar-refractivity contribution in [2.24, 2.45) is 10.9 Å². The topological polar surface area (TPSA) is 80.4 Å². The Kier molecular flexibility index (Phi) is 5.06. The molecule has 0 saturated carbocycles. The summed E-state index contributed by atoms with van der Waals surface area (Å²) < 4.78 is 1.99. The lowest BCUT2D eigenvalue weighted by atomic mass is 9.97. The molecule has 4 aromatic rings. The second-order valence-corrected chi connectivity index (χ2v) is 10.2. The first-order chi connectivity index (χ1) is 15.4. The van der Waals surface area contributed by atoms with Gasteiger partial charge in [0.25, 0.3) is 0 Å². The van der Waals surface area contributed by atoms with Gasteiger partial charge in [0.15, 0.2) is 5.82 Å². The highest BCUT2D eigenvalue weighted by molar-refractivity contribution is 7.15. The number of aromatic nitrogens is 3. The maximum atomic E-state index is 12.0. The predicted octanol–water partition coefficient (Wildman–Crippen LogP) is 5.60. The summed E-state index contributed by atoms with van der Waals surface area (Å²) in [6, 6.07) is 11.9. The van der Waals surface area contributed by atoms with Gasteiger partial charge in [0, 0.05) is 20.9 Å². The fraction of sp³-hybridized carbons (Fsp3) is 0.250. The number of aliphatic imine (C=N–C) groups is 1. The molecular formula is C24H22N4O2S2. The number of carboxylic acid groups (broad SMARTS) is 1. The Balaban J connectivity index is 1.74. The van der Waals surface area contributed by atoms with Gasteiger partial charge in [-0.2, -0.15) is 0 Å². The Morgan fingerprint density at radius 3 is 2.47 bits per heavy atom. The molecule has 0 bridgehead atoms. The average Bonchev–Trinajstić information content (AvgIpc) is 3.48. The molecule has 0 fully saturated rings. The van der Waals surface area contributed by atoms with Gasteiger partial charge in [0.1, 0.15) is 16.9 Å². The lowest BCUT2D eigenvalue weighted by Crippen LogP contribution is -2.21. The molecule has 2 atom stereocenters. The monoisotopic (exact) mass is 462 g/mol. The van der Waals surface area contributed by atoms with Crippen LogP contribution in [0.1, 0.15) is 46.2 Å². The molecule has 1 aliphatic rings. The number of hydrogen-bond acceptors (Lipinski definition) is 6. The number of aryl methyl sites for hydroxylation is 2. The number of carboxylic acids is 1. The van der Waals surface area contributed by atoms with E-state index in [4.69, 9.17) is 4.99 Å². The molecule has 4 heterocycles. The number of rotatable bonds is 4. The zero-order valence-electron chi connectivity index (χ0n) is 18.2. The predicted molar refractivity (Wildman–Crippen MR) is 128 cm³/mol. The summed E-state index contributed by atoms with van der Waals surface area (Å²) in [6.45, 7) is 7.78. The molecule has 3 aromatic heterocycles. The van der Waals surface area contributed by atoms with E-state index in [-0.39, 0.29) is 0 Å². The summed E-state index contributed by atoms with van der Waals surface area (Å²) in [7, 11) is 0. The maximum absolute atomic E-state index is 12.0. The van der Waals surface area contributed by atoms with Crippen molar-refractivity contribution in [3.05, 3.63) is 75.0 Å². The van der Waals surface area contributed by atoms with Crippen LogP contribution in [0.2, 0.25) is 0 Å². The van der Waals surface area contributed by atoms with Crippen LogP contribution in [-0.4, -0.2) is 31.6 Å². The molecule has 1 aromatic carbocycles. The maximum Gasteiger partial charge on any atom is 0.308 e. The second-order valence-electron chi connectivity index (χ2n) is 8.01. The summed E-state index contributed by atoms with van der Waals surface area (Å²) in [5, 5.41) is 21.5. The minimum atomic E-state index is -0.906. The standard InChI is InChI=1S/C24H22N4O2S2/c1-12-14(3)32-23-19(12)21(17-9-7-16(8-10-17)18-6-5-11-31-18)25-20(13(2)24(29)30)22-27-26-15(4)28(22)23/h5-11,13,20H,1-4H3,(H,29,30)/t13-,20?/m0/s1. The minimum absolute atomic E-state index is 0.574. The molecule has 5 rings (SSSR count). The van der Waals surface area contributed by atoms with Crippen molar-refractivity contribution in [1.82, 2.24) is 14.8 Å². The molecule has 8 heteroatoms. The zero-order chi connectivity index (χ0) is 22.6. The highest BCUT2D eigenvalue weighted by Gasteiger charge is 2.36. The van der Waals surface area contributed by atoms with Crippen LogP contribution >= 0.6 is 22.7 Å². The molecule has 1 aliphatic heterocycles. The van der Waals surface area contributed by atoms with Crippen molar-refractivity contribution in [2.75, 3.05) is 0 Å². The average molecular weight is 463 g/mol. The van der Waals surface area contributed by atoms with Crippen molar-refractivity contribution >= 4 is 34.4 Å². The van der Waals surface area contributed by atoms with Crippen molar-refractivity contribution in [3.8, 4) is 15.4 Å². The Morgan fingerprint density at radius 2 is 1.81 bits per heavy atom. The van der Waals surface area contributed by atoms with Crippen molar-refractivity contribution in [1.29, 1.82) is 0 Å². The van der Waals surface area contributed by atoms with Gasteiger partial charge in [-0.25, -0.2) is 0 Å². The zero-order valence-corrected chi connectivity index (χ0v) is 19.8. The molecule has 0 spiro atoms. The third-order valence-electron chi connectivity index (χ3n) is 6.02. The molecular weight excluding hydrogens is 440 g/mol. The van der Waals surface area contributed by atoms with E-state index in [1.54, 1.807) is 29.6 Å². The van der Waals surface area contributed by atoms with Crippen molar-refractivity contribution < 1.29 is 9.90 Å². The van der Waals surface area contributed by atoms with Crippen molar-refractivity contribution in [3.63, 3.8) is 0 Å². The second kappa shape index (κ2) is 7.79. The largest absolute Gasteiger partial charge is 0.481 e. The fourth-order valence-electron chi connectivity index (χ4n) is 4.05. The van der Waals surface area contributed by atoms with Crippen LogP contribution in [0.25, 0.3) is 15.4 Å². The first-order valence-corrected chi connectivity index (χ1v) is 12.0. The van der Waals surface area contributed by atoms with E-state index < -0.39 is 17.9 Å². The van der Waals surface area contributed by atoms with E-state index in [9.17, 15) is 9.90 Å².